The van der Waals surface area contributed by atoms with Gasteiger partial charge in [0, 0.05) is 0 Å². The fourth-order valence-corrected chi connectivity index (χ4v) is 0.610. The topological polar surface area (TPSA) is 48.8 Å². The van der Waals surface area contributed by atoms with Gasteiger partial charge < -0.3 is 5.21 Å². The summed E-state index contributed by atoms with van der Waals surface area (Å²) < 4.78 is 0. The zero-order valence-corrected chi connectivity index (χ0v) is 8.82. The molecule has 0 aliphatic carbocycles. The van der Waals surface area contributed by atoms with Crippen molar-refractivity contribution in [3.63, 3.8) is 0 Å². The molecule has 0 heterocycles. The van der Waals surface area contributed by atoms with Gasteiger partial charge in [0.05, 0.1) is 5.54 Å². The van der Waals surface area contributed by atoms with Gasteiger partial charge >= 0.3 is 0 Å². The summed E-state index contributed by atoms with van der Waals surface area (Å²) in [6.45, 7) is 11.3. The maximum Gasteiger partial charge on any atom is 0.122 e. The summed E-state index contributed by atoms with van der Waals surface area (Å²) in [5.41, 5.74) is 2.06. The van der Waals surface area contributed by atoms with Gasteiger partial charge in [-0.15, -0.1) is 10.8 Å². The third-order valence-corrected chi connectivity index (χ3v) is 0.876. The van der Waals surface area contributed by atoms with Crippen molar-refractivity contribution in [2.24, 2.45) is 0 Å². The molecular weight excluding hydrogens is 156 g/mol. The molecule has 0 spiro atoms. The molecule has 0 rings (SSSR count). The van der Waals surface area contributed by atoms with E-state index in [9.17, 15) is 5.21 Å². The van der Waals surface area contributed by atoms with Crippen LogP contribution in [0, 0.1) is 5.21 Å². The molecule has 0 aromatic rings. The smallest absolute Gasteiger partial charge is 0.122 e. The molecule has 0 aromatic carbocycles. The van der Waals surface area contributed by atoms with Crippen LogP contribution in [0.15, 0.2) is 0 Å². The molecule has 1 atom stereocenters. The van der Waals surface area contributed by atoms with Crippen molar-refractivity contribution in [2.75, 3.05) is 0 Å². The van der Waals surface area contributed by atoms with Crippen LogP contribution in [0.2, 0.25) is 0 Å². The molecule has 0 saturated heterocycles. The van der Waals surface area contributed by atoms with E-state index in [1.807, 2.05) is 41.5 Å². The van der Waals surface area contributed by atoms with Crippen LogP contribution >= 0.6 is 0 Å². The third-order valence-electron chi connectivity index (χ3n) is 0.876. The average Bonchev–Trinajstić information content (AvgIpc) is 1.49. The Kier molecular flexibility index (Phi) is 3.65. The summed E-state index contributed by atoms with van der Waals surface area (Å²) in [5, 5.41) is 10.8. The molecule has 4 nitrogen and oxygen atoms in total. The maximum atomic E-state index is 11.1. The Labute approximate surface area is 74.4 Å². The number of hydrogen-bond donors (Lipinski definition) is 2. The monoisotopic (exact) mass is 176 g/mol. The van der Waals surface area contributed by atoms with E-state index in [0.29, 0.717) is 0 Å². The number of nitrogens with one attached hydrogen (secondary N) is 2. The van der Waals surface area contributed by atoms with Crippen LogP contribution in [0.25, 0.3) is 0 Å². The molecule has 0 amide bonds. The summed E-state index contributed by atoms with van der Waals surface area (Å²) >= 11 is 0. The molecule has 0 aliphatic rings. The van der Waals surface area contributed by atoms with Crippen LogP contribution in [0.3, 0.4) is 0 Å². The Bertz CT molecular complexity index is 119. The van der Waals surface area contributed by atoms with Crippen molar-refractivity contribution < 1.29 is 10.2 Å². The minimum Gasteiger partial charge on any atom is -0.579 e. The average molecular weight is 176 g/mol. The van der Waals surface area contributed by atoms with Gasteiger partial charge in [-0.2, -0.15) is 4.84 Å². The highest BCUT2D eigenvalue weighted by molar-refractivity contribution is 4.62. The molecule has 2 N–H and O–H groups in total. The highest BCUT2D eigenvalue weighted by Gasteiger charge is 2.20. The lowest BCUT2D eigenvalue weighted by molar-refractivity contribution is -1.10. The quantitative estimate of drug-likeness (QED) is 0.599. The standard InChI is InChI=1S/C8H20N2O2/c1-7(2,3)9-10(11)12-8(4,5)6/h9-10H,1-6H3. The van der Waals surface area contributed by atoms with Crippen LogP contribution in [-0.4, -0.2) is 11.1 Å². The summed E-state index contributed by atoms with van der Waals surface area (Å²) in [4.78, 5) is 5.06. The summed E-state index contributed by atoms with van der Waals surface area (Å²) in [6, 6.07) is 0. The second-order valence-corrected chi connectivity index (χ2v) is 4.88. The summed E-state index contributed by atoms with van der Waals surface area (Å²) in [6.07, 6.45) is 0. The van der Waals surface area contributed by atoms with Crippen LogP contribution in [-0.2, 0) is 4.84 Å². The highest BCUT2D eigenvalue weighted by atomic mass is 16.9. The molecule has 12 heavy (non-hydrogen) atoms. The number of rotatable bonds is 2. The zero-order valence-electron chi connectivity index (χ0n) is 8.82. The van der Waals surface area contributed by atoms with E-state index in [2.05, 4.69) is 5.43 Å². The molecule has 0 radical (unpaired) electrons. The fourth-order valence-electron chi connectivity index (χ4n) is 0.610. The van der Waals surface area contributed by atoms with Crippen molar-refractivity contribution in [3.05, 3.63) is 5.21 Å². The molecule has 0 aliphatic heterocycles. The van der Waals surface area contributed by atoms with E-state index in [1.54, 1.807) is 0 Å². The van der Waals surface area contributed by atoms with Crippen LogP contribution < -0.4 is 10.8 Å². The van der Waals surface area contributed by atoms with Gasteiger partial charge in [-0.1, -0.05) is 0 Å². The van der Waals surface area contributed by atoms with Crippen molar-refractivity contribution in [3.8, 4) is 0 Å². The van der Waals surface area contributed by atoms with Crippen LogP contribution in [0.1, 0.15) is 41.5 Å². The zero-order chi connectivity index (χ0) is 9.99. The van der Waals surface area contributed by atoms with Gasteiger partial charge in [-0.25, -0.2) is 0 Å². The Morgan fingerprint density at radius 1 is 1.08 bits per heavy atom. The molecular formula is C8H20N2O2. The lowest BCUT2D eigenvalue weighted by Crippen LogP contribution is -3.16. The van der Waals surface area contributed by atoms with Gasteiger partial charge in [0.2, 0.25) is 0 Å². The molecule has 4 heteroatoms. The molecule has 0 bridgehead atoms. The van der Waals surface area contributed by atoms with Gasteiger partial charge in [0.1, 0.15) is 5.60 Å². The van der Waals surface area contributed by atoms with Crippen molar-refractivity contribution in [2.45, 2.75) is 52.7 Å². The first-order valence-electron chi connectivity index (χ1n) is 4.11. The van der Waals surface area contributed by atoms with E-state index in [4.69, 9.17) is 4.84 Å². The van der Waals surface area contributed by atoms with Crippen molar-refractivity contribution >= 4 is 0 Å². The summed E-state index contributed by atoms with van der Waals surface area (Å²) in [7, 11) is 0. The van der Waals surface area contributed by atoms with Crippen molar-refractivity contribution in [1.29, 1.82) is 0 Å². The first-order valence-corrected chi connectivity index (χ1v) is 4.11. The second kappa shape index (κ2) is 3.70. The Balaban J connectivity index is 3.83. The highest BCUT2D eigenvalue weighted by Crippen LogP contribution is 2.01. The molecule has 1 unspecified atom stereocenters. The van der Waals surface area contributed by atoms with E-state index in [1.165, 1.54) is 0 Å². The molecule has 74 valence electrons. The van der Waals surface area contributed by atoms with Gasteiger partial charge in [0.15, 0.2) is 0 Å². The van der Waals surface area contributed by atoms with Gasteiger partial charge in [-0.3, -0.25) is 0 Å². The van der Waals surface area contributed by atoms with E-state index in [-0.39, 0.29) is 10.9 Å². The van der Waals surface area contributed by atoms with Gasteiger partial charge in [-0.05, 0) is 41.5 Å². The second-order valence-electron chi connectivity index (χ2n) is 4.88. The maximum absolute atomic E-state index is 11.1. The van der Waals surface area contributed by atoms with Gasteiger partial charge in [0.25, 0.3) is 0 Å². The largest absolute Gasteiger partial charge is 0.579 e. The van der Waals surface area contributed by atoms with E-state index >= 15 is 0 Å². The third kappa shape index (κ3) is 7.94. The van der Waals surface area contributed by atoms with E-state index in [0.717, 1.165) is 0 Å². The van der Waals surface area contributed by atoms with E-state index < -0.39 is 5.60 Å². The minimum atomic E-state index is -0.421. The van der Waals surface area contributed by atoms with Crippen LogP contribution in [0.4, 0.5) is 0 Å². The molecule has 0 aromatic heterocycles. The predicted molar refractivity (Wildman–Crippen MR) is 48.1 cm³/mol. The normalized spacial score (nSPS) is 16.2. The number of hydrogen-bond acceptors (Lipinski definition) is 3. The van der Waals surface area contributed by atoms with Crippen LogP contribution in [0.5, 0.6) is 0 Å². The predicted octanol–water partition coefficient (Wildman–Crippen LogP) is 0.402. The minimum absolute atomic E-state index is 0.234. The first kappa shape index (κ1) is 11.8. The number of quaternary nitrogens is 1. The molecule has 0 fully saturated rings. The summed E-state index contributed by atoms with van der Waals surface area (Å²) in [5.74, 6) is 0. The lowest BCUT2D eigenvalue weighted by Gasteiger charge is -2.32. The fraction of sp³-hybridized carbons (Fsp3) is 1.00. The SMILES string of the molecule is CC(C)(C)N[NH+]([O-])OC(C)(C)C. The Morgan fingerprint density at radius 3 is 1.75 bits per heavy atom. The van der Waals surface area contributed by atoms with Crippen molar-refractivity contribution in [1.82, 2.24) is 5.43 Å². The lowest BCUT2D eigenvalue weighted by atomic mass is 10.1. The molecule has 0 saturated carbocycles. The Hall–Kier alpha value is -0.160. The first-order chi connectivity index (χ1) is 5.10. The Morgan fingerprint density at radius 2 is 1.50 bits per heavy atom.